The molecule has 0 saturated carbocycles. The molecule has 1 N–H and O–H groups in total. The van der Waals surface area contributed by atoms with Crippen LogP contribution in [-0.2, 0) is 11.2 Å². The van der Waals surface area contributed by atoms with E-state index in [0.717, 1.165) is 25.1 Å². The Morgan fingerprint density at radius 1 is 1.42 bits per heavy atom. The number of fused-ring (bicyclic) bond motifs is 1. The van der Waals surface area contributed by atoms with Gasteiger partial charge in [-0.3, -0.25) is 4.79 Å². The summed E-state index contributed by atoms with van der Waals surface area (Å²) in [4.78, 5) is 13.4. The van der Waals surface area contributed by atoms with Crippen molar-refractivity contribution in [2.45, 2.75) is 46.6 Å². The van der Waals surface area contributed by atoms with E-state index in [-0.39, 0.29) is 5.91 Å². The summed E-state index contributed by atoms with van der Waals surface area (Å²) in [6, 6.07) is 6.86. The van der Waals surface area contributed by atoms with Crippen molar-refractivity contribution in [3.63, 3.8) is 0 Å². The number of amides is 1. The van der Waals surface area contributed by atoms with E-state index in [2.05, 4.69) is 44.3 Å². The number of carbonyl (C=O) groups excluding carboxylic acids is 1. The van der Waals surface area contributed by atoms with Crippen molar-refractivity contribution < 1.29 is 4.79 Å². The second kappa shape index (κ2) is 5.64. The van der Waals surface area contributed by atoms with Crippen LogP contribution in [0.15, 0.2) is 18.2 Å². The van der Waals surface area contributed by atoms with Crippen molar-refractivity contribution in [1.82, 2.24) is 0 Å². The van der Waals surface area contributed by atoms with Gasteiger partial charge in [0, 0.05) is 30.9 Å². The third kappa shape index (κ3) is 2.91. The first-order valence-corrected chi connectivity index (χ1v) is 7.20. The highest BCUT2D eigenvalue weighted by atomic mass is 16.2. The first-order chi connectivity index (χ1) is 9.02. The lowest BCUT2D eigenvalue weighted by Gasteiger charge is -2.22. The summed E-state index contributed by atoms with van der Waals surface area (Å²) >= 11 is 0. The average molecular weight is 260 g/mol. The molecule has 0 aromatic heterocycles. The second-order valence-electron chi connectivity index (χ2n) is 5.67. The largest absolute Gasteiger partial charge is 0.382 e. The summed E-state index contributed by atoms with van der Waals surface area (Å²) in [5.74, 6) is 0.750. The van der Waals surface area contributed by atoms with Crippen LogP contribution in [-0.4, -0.2) is 18.5 Å². The molecule has 1 unspecified atom stereocenters. The summed E-state index contributed by atoms with van der Waals surface area (Å²) in [6.45, 7) is 9.14. The Morgan fingerprint density at radius 3 is 2.74 bits per heavy atom. The molecule has 3 heteroatoms. The molecule has 1 aliphatic heterocycles. The molecule has 19 heavy (non-hydrogen) atoms. The normalized spacial score (nSPS) is 15.5. The van der Waals surface area contributed by atoms with E-state index in [1.807, 2.05) is 4.90 Å². The zero-order valence-corrected chi connectivity index (χ0v) is 12.4. The average Bonchev–Trinajstić information content (AvgIpc) is 2.78. The van der Waals surface area contributed by atoms with Gasteiger partial charge in [0.15, 0.2) is 0 Å². The van der Waals surface area contributed by atoms with Gasteiger partial charge in [0.25, 0.3) is 0 Å². The molecule has 104 valence electrons. The van der Waals surface area contributed by atoms with Gasteiger partial charge in [-0.2, -0.15) is 0 Å². The predicted molar refractivity (Wildman–Crippen MR) is 80.7 cm³/mol. The molecule has 0 spiro atoms. The molecule has 1 atom stereocenters. The summed E-state index contributed by atoms with van der Waals surface area (Å²) in [5.41, 5.74) is 3.53. The number of nitrogens with one attached hydrogen (secondary N) is 1. The third-order valence-corrected chi connectivity index (χ3v) is 3.95. The molecule has 1 aromatic rings. The van der Waals surface area contributed by atoms with Gasteiger partial charge >= 0.3 is 0 Å². The molecular weight excluding hydrogens is 236 g/mol. The van der Waals surface area contributed by atoms with Gasteiger partial charge in [-0.1, -0.05) is 20.8 Å². The smallest absolute Gasteiger partial charge is 0.223 e. The van der Waals surface area contributed by atoms with Gasteiger partial charge in [0.1, 0.15) is 0 Å². The number of carbonyl (C=O) groups is 1. The number of rotatable bonds is 4. The van der Waals surface area contributed by atoms with Crippen LogP contribution >= 0.6 is 0 Å². The van der Waals surface area contributed by atoms with Gasteiger partial charge in [0.2, 0.25) is 5.91 Å². The van der Waals surface area contributed by atoms with Crippen molar-refractivity contribution in [3.8, 4) is 0 Å². The van der Waals surface area contributed by atoms with Crippen LogP contribution in [0.2, 0.25) is 0 Å². The lowest BCUT2D eigenvalue weighted by Crippen LogP contribution is -2.26. The standard InChI is InChI=1S/C16H24N2O/c1-5-15(11(2)3)17-14-6-7-16-13(10-14)8-9-18(16)12(4)19/h6-7,10-11,15,17H,5,8-9H2,1-4H3. The van der Waals surface area contributed by atoms with Crippen molar-refractivity contribution >= 4 is 17.3 Å². The third-order valence-electron chi connectivity index (χ3n) is 3.95. The monoisotopic (exact) mass is 260 g/mol. The van der Waals surface area contributed by atoms with E-state index in [1.165, 1.54) is 11.3 Å². The van der Waals surface area contributed by atoms with Gasteiger partial charge in [-0.15, -0.1) is 0 Å². The van der Waals surface area contributed by atoms with Crippen LogP contribution < -0.4 is 10.2 Å². The first-order valence-electron chi connectivity index (χ1n) is 7.20. The maximum Gasteiger partial charge on any atom is 0.223 e. The van der Waals surface area contributed by atoms with E-state index in [9.17, 15) is 4.79 Å². The maximum atomic E-state index is 11.5. The summed E-state index contributed by atoms with van der Waals surface area (Å²) in [6.07, 6.45) is 2.08. The van der Waals surface area contributed by atoms with E-state index in [0.29, 0.717) is 12.0 Å². The fourth-order valence-corrected chi connectivity index (χ4v) is 2.77. The minimum Gasteiger partial charge on any atom is -0.382 e. The SMILES string of the molecule is CCC(Nc1ccc2c(c1)CCN2C(C)=O)C(C)C. The Bertz CT molecular complexity index is 468. The Kier molecular flexibility index (Phi) is 4.13. The van der Waals surface area contributed by atoms with Crippen LogP contribution in [0.5, 0.6) is 0 Å². The minimum atomic E-state index is 0.132. The van der Waals surface area contributed by atoms with Crippen molar-refractivity contribution in [2.75, 3.05) is 16.8 Å². The lowest BCUT2D eigenvalue weighted by atomic mass is 10.0. The highest BCUT2D eigenvalue weighted by Gasteiger charge is 2.22. The summed E-state index contributed by atoms with van der Waals surface area (Å²) in [5, 5.41) is 3.60. The van der Waals surface area contributed by atoms with Crippen LogP contribution in [0.3, 0.4) is 0 Å². The Labute approximate surface area is 116 Å². The molecule has 1 aliphatic rings. The molecule has 3 nitrogen and oxygen atoms in total. The van der Waals surface area contributed by atoms with Gasteiger partial charge in [0.05, 0.1) is 0 Å². The quantitative estimate of drug-likeness (QED) is 0.899. The molecular formula is C16H24N2O. The zero-order chi connectivity index (χ0) is 14.0. The number of hydrogen-bond donors (Lipinski definition) is 1. The molecule has 0 aliphatic carbocycles. The molecule has 0 fully saturated rings. The van der Waals surface area contributed by atoms with Crippen molar-refractivity contribution in [1.29, 1.82) is 0 Å². The zero-order valence-electron chi connectivity index (χ0n) is 12.4. The molecule has 0 bridgehead atoms. The van der Waals surface area contributed by atoms with E-state index >= 15 is 0 Å². The van der Waals surface area contributed by atoms with E-state index in [1.54, 1.807) is 6.92 Å². The van der Waals surface area contributed by atoms with Crippen LogP contribution in [0.25, 0.3) is 0 Å². The fourth-order valence-electron chi connectivity index (χ4n) is 2.77. The van der Waals surface area contributed by atoms with Crippen LogP contribution in [0.4, 0.5) is 11.4 Å². The molecule has 1 heterocycles. The second-order valence-corrected chi connectivity index (χ2v) is 5.67. The van der Waals surface area contributed by atoms with Crippen LogP contribution in [0, 0.1) is 5.92 Å². The Balaban J connectivity index is 2.17. The number of benzene rings is 1. The highest BCUT2D eigenvalue weighted by Crippen LogP contribution is 2.31. The molecule has 1 amide bonds. The Morgan fingerprint density at radius 2 is 2.16 bits per heavy atom. The molecule has 1 aromatic carbocycles. The van der Waals surface area contributed by atoms with Crippen molar-refractivity contribution in [3.05, 3.63) is 23.8 Å². The van der Waals surface area contributed by atoms with Crippen LogP contribution in [0.1, 0.15) is 39.7 Å². The number of hydrogen-bond acceptors (Lipinski definition) is 2. The van der Waals surface area contributed by atoms with Gasteiger partial charge < -0.3 is 10.2 Å². The Hall–Kier alpha value is -1.51. The number of nitrogens with zero attached hydrogens (tertiary/aromatic N) is 1. The summed E-state index contributed by atoms with van der Waals surface area (Å²) < 4.78 is 0. The lowest BCUT2D eigenvalue weighted by molar-refractivity contribution is -0.116. The highest BCUT2D eigenvalue weighted by molar-refractivity contribution is 5.94. The minimum absolute atomic E-state index is 0.132. The van der Waals surface area contributed by atoms with E-state index in [4.69, 9.17) is 0 Å². The molecule has 0 radical (unpaired) electrons. The van der Waals surface area contributed by atoms with E-state index < -0.39 is 0 Å². The topological polar surface area (TPSA) is 32.3 Å². The summed E-state index contributed by atoms with van der Waals surface area (Å²) in [7, 11) is 0. The number of anilines is 2. The maximum absolute atomic E-state index is 11.5. The molecule has 0 saturated heterocycles. The first kappa shape index (κ1) is 13.9. The van der Waals surface area contributed by atoms with Crippen molar-refractivity contribution in [2.24, 2.45) is 5.92 Å². The van der Waals surface area contributed by atoms with Gasteiger partial charge in [-0.05, 0) is 42.5 Å². The fraction of sp³-hybridized carbons (Fsp3) is 0.562. The molecule has 2 rings (SSSR count). The predicted octanol–water partition coefficient (Wildman–Crippen LogP) is 3.44. The van der Waals surface area contributed by atoms with Gasteiger partial charge in [-0.25, -0.2) is 0 Å².